The van der Waals surface area contributed by atoms with Crippen LogP contribution in [0.2, 0.25) is 0 Å². The molecule has 3 N–H and O–H groups in total. The van der Waals surface area contributed by atoms with Crippen molar-refractivity contribution >= 4 is 23.1 Å². The van der Waals surface area contributed by atoms with Crippen molar-refractivity contribution in [3.8, 4) is 11.3 Å². The molecule has 1 aliphatic carbocycles. The Balaban J connectivity index is 1.74. The summed E-state index contributed by atoms with van der Waals surface area (Å²) in [4.78, 5) is 35.5. The normalized spacial score (nSPS) is 18.9. The highest BCUT2D eigenvalue weighted by atomic mass is 16.4. The maximum absolute atomic E-state index is 12.2. The summed E-state index contributed by atoms with van der Waals surface area (Å²) in [7, 11) is 0. The fourth-order valence-electron chi connectivity index (χ4n) is 4.34. The van der Waals surface area contributed by atoms with E-state index in [1.807, 2.05) is 19.1 Å². The lowest BCUT2D eigenvalue weighted by molar-refractivity contribution is -0.132. The van der Waals surface area contributed by atoms with E-state index in [2.05, 4.69) is 10.9 Å². The summed E-state index contributed by atoms with van der Waals surface area (Å²) in [5.41, 5.74) is 8.48. The maximum Gasteiger partial charge on any atom is 0.335 e. The minimum Gasteiger partial charge on any atom is -0.478 e. The Morgan fingerprint density at radius 3 is 2.21 bits per heavy atom. The molecule has 0 spiro atoms. The molecule has 1 saturated heterocycles. The van der Waals surface area contributed by atoms with Gasteiger partial charge in [0.2, 0.25) is 0 Å². The van der Waals surface area contributed by atoms with Crippen LogP contribution in [0.4, 0.5) is 0 Å². The van der Waals surface area contributed by atoms with Gasteiger partial charge in [-0.2, -0.15) is 0 Å². The number of carbonyl (C=O) groups excluding carboxylic acids is 2. The van der Waals surface area contributed by atoms with E-state index in [0.29, 0.717) is 37.5 Å². The van der Waals surface area contributed by atoms with Crippen molar-refractivity contribution in [1.82, 2.24) is 10.9 Å². The first-order valence-electron chi connectivity index (χ1n) is 9.51. The number of carboxylic acids is 1. The Kier molecular flexibility index (Phi) is 4.94. The zero-order valence-electron chi connectivity index (χ0n) is 16.1. The number of hydrazine groups is 1. The summed E-state index contributed by atoms with van der Waals surface area (Å²) in [6, 6.07) is 10.2. The van der Waals surface area contributed by atoms with E-state index in [-0.39, 0.29) is 23.6 Å². The molecule has 1 aliphatic heterocycles. The molecule has 1 aromatic heterocycles. The van der Waals surface area contributed by atoms with Gasteiger partial charge in [-0.15, -0.1) is 0 Å². The fraction of sp³-hybridized carbons (Fsp3) is 0.318. The number of hydrogen-bond acceptors (Lipinski definition) is 6. The summed E-state index contributed by atoms with van der Waals surface area (Å²) in [5, 5.41) is 9.06. The molecular formula is C22H22N2O5. The quantitative estimate of drug-likeness (QED) is 0.684. The number of nitrogens with one attached hydrogen (secondary N) is 2. The van der Waals surface area contributed by atoms with Crippen LogP contribution in [-0.4, -0.2) is 35.7 Å². The van der Waals surface area contributed by atoms with E-state index < -0.39 is 11.4 Å². The third kappa shape index (κ3) is 3.79. The Hall–Kier alpha value is -3.03. The number of furan rings is 1. The van der Waals surface area contributed by atoms with Crippen LogP contribution in [0.3, 0.4) is 0 Å². The number of aromatic carboxylic acids is 1. The molecule has 150 valence electrons. The van der Waals surface area contributed by atoms with Gasteiger partial charge in [0, 0.05) is 42.5 Å². The number of carboxylic acid groups (broad SMARTS) is 1. The lowest BCUT2D eigenvalue weighted by atomic mass is 9.67. The maximum atomic E-state index is 12.2. The molecule has 1 saturated carbocycles. The molecule has 4 rings (SSSR count). The Labute approximate surface area is 167 Å². The van der Waals surface area contributed by atoms with Crippen LogP contribution >= 0.6 is 0 Å². The minimum atomic E-state index is -0.982. The van der Waals surface area contributed by atoms with Crippen LogP contribution in [0.25, 0.3) is 16.9 Å². The van der Waals surface area contributed by atoms with Gasteiger partial charge in [-0.25, -0.2) is 4.79 Å². The van der Waals surface area contributed by atoms with E-state index in [9.17, 15) is 14.4 Å². The molecule has 7 nitrogen and oxygen atoms in total. The SMILES string of the molecule is CC1(C(=C2CNNC2)c2ccc(-c3ccc(C(=O)O)cc3)o2)CC(=O)CC(=O)C1. The zero-order chi connectivity index (χ0) is 20.6. The summed E-state index contributed by atoms with van der Waals surface area (Å²) < 4.78 is 6.15. The lowest BCUT2D eigenvalue weighted by Gasteiger charge is -2.34. The number of rotatable bonds is 4. The second-order valence-corrected chi connectivity index (χ2v) is 7.90. The molecule has 0 atom stereocenters. The molecule has 29 heavy (non-hydrogen) atoms. The molecular weight excluding hydrogens is 372 g/mol. The zero-order valence-corrected chi connectivity index (χ0v) is 16.1. The van der Waals surface area contributed by atoms with Gasteiger partial charge in [-0.3, -0.25) is 20.4 Å². The predicted molar refractivity (Wildman–Crippen MR) is 106 cm³/mol. The molecule has 0 radical (unpaired) electrons. The highest BCUT2D eigenvalue weighted by Crippen LogP contribution is 2.47. The van der Waals surface area contributed by atoms with Crippen LogP contribution in [0.1, 0.15) is 42.3 Å². The van der Waals surface area contributed by atoms with E-state index in [1.165, 1.54) is 12.1 Å². The minimum absolute atomic E-state index is 0.00797. The van der Waals surface area contributed by atoms with Crippen molar-refractivity contribution in [3.05, 3.63) is 53.3 Å². The Morgan fingerprint density at radius 1 is 1.00 bits per heavy atom. The van der Waals surface area contributed by atoms with Crippen LogP contribution in [0.5, 0.6) is 0 Å². The van der Waals surface area contributed by atoms with Crippen molar-refractivity contribution < 1.29 is 23.9 Å². The van der Waals surface area contributed by atoms with E-state index in [1.54, 1.807) is 12.1 Å². The van der Waals surface area contributed by atoms with Gasteiger partial charge in [0.15, 0.2) is 0 Å². The monoisotopic (exact) mass is 394 g/mol. The predicted octanol–water partition coefficient (Wildman–Crippen LogP) is 2.83. The number of ketones is 2. The molecule has 0 unspecified atom stereocenters. The third-order valence-corrected chi connectivity index (χ3v) is 5.52. The van der Waals surface area contributed by atoms with Crippen molar-refractivity contribution in [1.29, 1.82) is 0 Å². The molecule has 0 bridgehead atoms. The largest absolute Gasteiger partial charge is 0.478 e. The van der Waals surface area contributed by atoms with Gasteiger partial charge in [0.05, 0.1) is 12.0 Å². The standard InChI is InChI=1S/C22H22N2O5/c1-22(9-16(25)8-17(26)10-22)20(15-11-23-24-12-15)19-7-6-18(29-19)13-2-4-14(5-3-13)21(27)28/h2-7,23-24H,8-12H2,1H3,(H,27,28). The summed E-state index contributed by atoms with van der Waals surface area (Å²) in [6.45, 7) is 3.17. The molecule has 7 heteroatoms. The van der Waals surface area contributed by atoms with Crippen LogP contribution in [0.15, 0.2) is 46.4 Å². The number of hydrogen-bond donors (Lipinski definition) is 3. The first-order valence-corrected chi connectivity index (χ1v) is 9.51. The molecule has 2 aliphatic rings. The smallest absolute Gasteiger partial charge is 0.335 e. The highest BCUT2D eigenvalue weighted by Gasteiger charge is 2.42. The van der Waals surface area contributed by atoms with Gasteiger partial charge in [0.25, 0.3) is 0 Å². The van der Waals surface area contributed by atoms with E-state index in [4.69, 9.17) is 9.52 Å². The average Bonchev–Trinajstić information content (AvgIpc) is 3.33. The highest BCUT2D eigenvalue weighted by molar-refractivity contribution is 6.04. The molecule has 0 amide bonds. The first-order chi connectivity index (χ1) is 13.9. The summed E-state index contributed by atoms with van der Waals surface area (Å²) in [5.74, 6) is 0.164. The van der Waals surface area contributed by atoms with Crippen molar-refractivity contribution in [2.45, 2.75) is 26.2 Å². The van der Waals surface area contributed by atoms with Gasteiger partial charge >= 0.3 is 5.97 Å². The molecule has 2 aromatic rings. The molecule has 1 aromatic carbocycles. The van der Waals surface area contributed by atoms with Crippen molar-refractivity contribution in [2.75, 3.05) is 13.1 Å². The summed E-state index contributed by atoms with van der Waals surface area (Å²) >= 11 is 0. The van der Waals surface area contributed by atoms with E-state index in [0.717, 1.165) is 16.7 Å². The first kappa shape index (κ1) is 19.3. The second-order valence-electron chi connectivity index (χ2n) is 7.90. The topological polar surface area (TPSA) is 109 Å². The lowest BCUT2D eigenvalue weighted by Crippen LogP contribution is -2.33. The number of carbonyl (C=O) groups is 3. The third-order valence-electron chi connectivity index (χ3n) is 5.52. The summed E-state index contributed by atoms with van der Waals surface area (Å²) in [6.07, 6.45) is 0.621. The molecule has 2 fully saturated rings. The van der Waals surface area contributed by atoms with Gasteiger partial charge in [-0.05, 0) is 29.8 Å². The van der Waals surface area contributed by atoms with Crippen LogP contribution in [0, 0.1) is 5.41 Å². The van der Waals surface area contributed by atoms with E-state index >= 15 is 0 Å². The average molecular weight is 394 g/mol. The van der Waals surface area contributed by atoms with Crippen molar-refractivity contribution in [3.63, 3.8) is 0 Å². The van der Waals surface area contributed by atoms with Gasteiger partial charge in [-0.1, -0.05) is 19.1 Å². The van der Waals surface area contributed by atoms with Crippen molar-refractivity contribution in [2.24, 2.45) is 5.41 Å². The Bertz CT molecular complexity index is 992. The van der Waals surface area contributed by atoms with Crippen LogP contribution < -0.4 is 10.9 Å². The number of benzene rings is 1. The van der Waals surface area contributed by atoms with Gasteiger partial charge < -0.3 is 9.52 Å². The van der Waals surface area contributed by atoms with Gasteiger partial charge in [0.1, 0.15) is 23.1 Å². The van der Waals surface area contributed by atoms with Crippen LogP contribution in [-0.2, 0) is 9.59 Å². The molecule has 2 heterocycles. The Morgan fingerprint density at radius 2 is 1.62 bits per heavy atom. The number of allylic oxidation sites excluding steroid dienone is 1. The number of Topliss-reactive ketones (excluding diaryl/α,β-unsaturated/α-hetero) is 2. The second kappa shape index (κ2) is 7.42. The fourth-order valence-corrected chi connectivity index (χ4v) is 4.34.